The molecule has 0 N–H and O–H groups in total. The Morgan fingerprint density at radius 1 is 1.32 bits per heavy atom. The van der Waals surface area contributed by atoms with Crippen LogP contribution < -0.4 is 9.47 Å². The second-order valence-electron chi connectivity index (χ2n) is 4.11. The molecule has 0 amide bonds. The summed E-state index contributed by atoms with van der Waals surface area (Å²) in [6.45, 7) is 4.09. The summed E-state index contributed by atoms with van der Waals surface area (Å²) in [4.78, 5) is 0. The standard InChI is InChI=1S/C14H16BrNO3/c1-9(2)11-5-14(18-4)12(15)6-13(11)19-10(7-16)8-17-3/h5-6,8-9H,1-4H3/b10-8-. The third kappa shape index (κ3) is 3.90. The van der Waals surface area contributed by atoms with Gasteiger partial charge in [0.15, 0.2) is 0 Å². The van der Waals surface area contributed by atoms with Crippen LogP contribution in [0.4, 0.5) is 0 Å². The van der Waals surface area contributed by atoms with E-state index in [0.717, 1.165) is 15.8 Å². The van der Waals surface area contributed by atoms with Crippen molar-refractivity contribution in [3.8, 4) is 17.6 Å². The average molecular weight is 326 g/mol. The van der Waals surface area contributed by atoms with E-state index in [2.05, 4.69) is 15.9 Å². The highest BCUT2D eigenvalue weighted by atomic mass is 79.9. The van der Waals surface area contributed by atoms with Gasteiger partial charge in [0.2, 0.25) is 5.76 Å². The lowest BCUT2D eigenvalue weighted by Gasteiger charge is -2.15. The van der Waals surface area contributed by atoms with Gasteiger partial charge in [0.05, 0.1) is 18.7 Å². The zero-order valence-electron chi connectivity index (χ0n) is 11.4. The smallest absolute Gasteiger partial charge is 0.238 e. The van der Waals surface area contributed by atoms with Gasteiger partial charge < -0.3 is 14.2 Å². The van der Waals surface area contributed by atoms with E-state index in [0.29, 0.717) is 5.75 Å². The monoisotopic (exact) mass is 325 g/mol. The second kappa shape index (κ2) is 7.05. The van der Waals surface area contributed by atoms with Crippen molar-refractivity contribution in [2.24, 2.45) is 0 Å². The number of halogens is 1. The topological polar surface area (TPSA) is 51.5 Å². The highest BCUT2D eigenvalue weighted by molar-refractivity contribution is 9.10. The van der Waals surface area contributed by atoms with Crippen LogP contribution in [-0.2, 0) is 4.74 Å². The molecule has 1 rings (SSSR count). The van der Waals surface area contributed by atoms with Gasteiger partial charge in [-0.2, -0.15) is 5.26 Å². The SMILES string of the molecule is CO/C=C(/C#N)Oc1cc(Br)c(OC)cc1C(C)C. The van der Waals surface area contributed by atoms with Crippen molar-refractivity contribution in [3.05, 3.63) is 34.2 Å². The third-order valence-corrected chi connectivity index (χ3v) is 3.08. The highest BCUT2D eigenvalue weighted by Crippen LogP contribution is 2.37. The zero-order valence-corrected chi connectivity index (χ0v) is 12.9. The molecule has 0 radical (unpaired) electrons. The molecule has 0 atom stereocenters. The number of allylic oxidation sites excluding steroid dienone is 1. The molecule has 102 valence electrons. The van der Waals surface area contributed by atoms with Crippen LogP contribution in [0.2, 0.25) is 0 Å². The fourth-order valence-corrected chi connectivity index (χ4v) is 2.03. The Morgan fingerprint density at radius 3 is 2.47 bits per heavy atom. The van der Waals surface area contributed by atoms with Gasteiger partial charge in [-0.3, -0.25) is 0 Å². The molecule has 4 nitrogen and oxygen atoms in total. The van der Waals surface area contributed by atoms with Crippen LogP contribution in [0.3, 0.4) is 0 Å². The van der Waals surface area contributed by atoms with Crippen molar-refractivity contribution in [2.45, 2.75) is 19.8 Å². The van der Waals surface area contributed by atoms with E-state index in [1.165, 1.54) is 13.4 Å². The van der Waals surface area contributed by atoms with Gasteiger partial charge in [0.1, 0.15) is 23.8 Å². The first-order chi connectivity index (χ1) is 9.03. The van der Waals surface area contributed by atoms with Crippen LogP contribution in [0.25, 0.3) is 0 Å². The summed E-state index contributed by atoms with van der Waals surface area (Å²) in [5.41, 5.74) is 0.956. The number of nitrogens with zero attached hydrogens (tertiary/aromatic N) is 1. The lowest BCUT2D eigenvalue weighted by atomic mass is 10.0. The Labute approximate surface area is 121 Å². The van der Waals surface area contributed by atoms with Gasteiger partial charge >= 0.3 is 0 Å². The van der Waals surface area contributed by atoms with Gasteiger partial charge in [0, 0.05) is 5.56 Å². The van der Waals surface area contributed by atoms with Crippen molar-refractivity contribution in [2.75, 3.05) is 14.2 Å². The molecular formula is C14H16BrNO3. The Balaban J connectivity index is 3.23. The first kappa shape index (κ1) is 15.4. The quantitative estimate of drug-likeness (QED) is 0.607. The molecule has 0 heterocycles. The molecule has 0 aliphatic carbocycles. The minimum atomic E-state index is 0.0986. The van der Waals surface area contributed by atoms with Crippen LogP contribution in [0.1, 0.15) is 25.3 Å². The van der Waals surface area contributed by atoms with Gasteiger partial charge in [-0.1, -0.05) is 13.8 Å². The van der Waals surface area contributed by atoms with Crippen LogP contribution in [-0.4, -0.2) is 14.2 Å². The molecule has 0 aromatic heterocycles. The number of benzene rings is 1. The lowest BCUT2D eigenvalue weighted by Crippen LogP contribution is -2.00. The number of hydrogen-bond acceptors (Lipinski definition) is 4. The predicted octanol–water partition coefficient (Wildman–Crippen LogP) is 3.97. The summed E-state index contributed by atoms with van der Waals surface area (Å²) in [5.74, 6) is 1.67. The highest BCUT2D eigenvalue weighted by Gasteiger charge is 2.14. The fraction of sp³-hybridized carbons (Fsp3) is 0.357. The predicted molar refractivity (Wildman–Crippen MR) is 76.1 cm³/mol. The normalized spacial score (nSPS) is 11.1. The maximum Gasteiger partial charge on any atom is 0.238 e. The van der Waals surface area contributed by atoms with Crippen molar-refractivity contribution in [1.82, 2.24) is 0 Å². The first-order valence-electron chi connectivity index (χ1n) is 5.71. The second-order valence-corrected chi connectivity index (χ2v) is 4.97. The lowest BCUT2D eigenvalue weighted by molar-refractivity contribution is 0.309. The molecule has 5 heteroatoms. The van der Waals surface area contributed by atoms with E-state index in [4.69, 9.17) is 19.5 Å². The number of hydrogen-bond donors (Lipinski definition) is 0. The number of ether oxygens (including phenoxy) is 3. The van der Waals surface area contributed by atoms with Crippen LogP contribution in [0.5, 0.6) is 11.5 Å². The number of nitriles is 1. The Kier molecular flexibility index (Phi) is 5.71. The van der Waals surface area contributed by atoms with Gasteiger partial charge in [-0.25, -0.2) is 0 Å². The molecule has 1 aromatic carbocycles. The van der Waals surface area contributed by atoms with Crippen molar-refractivity contribution < 1.29 is 14.2 Å². The Hall–Kier alpha value is -1.67. The van der Waals surface area contributed by atoms with Gasteiger partial charge in [0.25, 0.3) is 0 Å². The summed E-state index contributed by atoms with van der Waals surface area (Å²) in [6.07, 6.45) is 1.27. The molecule has 0 fully saturated rings. The van der Waals surface area contributed by atoms with E-state index in [1.54, 1.807) is 13.2 Å². The summed E-state index contributed by atoms with van der Waals surface area (Å²) in [6, 6.07) is 5.61. The minimum absolute atomic E-state index is 0.0986. The van der Waals surface area contributed by atoms with Crippen molar-refractivity contribution in [1.29, 1.82) is 5.26 Å². The largest absolute Gasteiger partial charge is 0.500 e. The van der Waals surface area contributed by atoms with Crippen molar-refractivity contribution in [3.63, 3.8) is 0 Å². The summed E-state index contributed by atoms with van der Waals surface area (Å²) >= 11 is 3.40. The molecule has 0 aliphatic heterocycles. The third-order valence-electron chi connectivity index (χ3n) is 2.46. The van der Waals surface area contributed by atoms with Crippen LogP contribution >= 0.6 is 15.9 Å². The van der Waals surface area contributed by atoms with Gasteiger partial charge in [-0.15, -0.1) is 0 Å². The van der Waals surface area contributed by atoms with E-state index in [-0.39, 0.29) is 11.7 Å². The summed E-state index contributed by atoms with van der Waals surface area (Å²) < 4.78 is 16.4. The molecule has 0 unspecified atom stereocenters. The number of rotatable bonds is 5. The van der Waals surface area contributed by atoms with Crippen molar-refractivity contribution >= 4 is 15.9 Å². The molecule has 0 bridgehead atoms. The molecule has 19 heavy (non-hydrogen) atoms. The molecular weight excluding hydrogens is 310 g/mol. The summed E-state index contributed by atoms with van der Waals surface area (Å²) in [7, 11) is 3.07. The van der Waals surface area contributed by atoms with E-state index < -0.39 is 0 Å². The van der Waals surface area contributed by atoms with E-state index in [9.17, 15) is 0 Å². The zero-order chi connectivity index (χ0) is 14.4. The average Bonchev–Trinajstić information content (AvgIpc) is 2.38. The van der Waals surface area contributed by atoms with Gasteiger partial charge in [-0.05, 0) is 34.0 Å². The van der Waals surface area contributed by atoms with Crippen LogP contribution in [0.15, 0.2) is 28.6 Å². The Morgan fingerprint density at radius 2 is 2.00 bits per heavy atom. The van der Waals surface area contributed by atoms with E-state index in [1.807, 2.05) is 26.0 Å². The maximum absolute atomic E-state index is 8.96. The molecule has 0 saturated heterocycles. The molecule has 0 spiro atoms. The maximum atomic E-state index is 8.96. The fourth-order valence-electron chi connectivity index (χ4n) is 1.55. The van der Waals surface area contributed by atoms with Crippen LogP contribution in [0, 0.1) is 11.3 Å². The minimum Gasteiger partial charge on any atom is -0.500 e. The first-order valence-corrected chi connectivity index (χ1v) is 6.51. The van der Waals surface area contributed by atoms with E-state index >= 15 is 0 Å². The molecule has 1 aromatic rings. The number of methoxy groups -OCH3 is 2. The Bertz CT molecular complexity index is 518. The summed E-state index contributed by atoms with van der Waals surface area (Å²) in [5, 5.41) is 8.96. The molecule has 0 aliphatic rings. The molecule has 0 saturated carbocycles.